The molecule has 1 unspecified atom stereocenters. The lowest BCUT2D eigenvalue weighted by atomic mass is 9.99. The van der Waals surface area contributed by atoms with Crippen LogP contribution in [0.4, 0.5) is 0 Å². The molecule has 0 fully saturated rings. The summed E-state index contributed by atoms with van der Waals surface area (Å²) in [6, 6.07) is 7.72. The Bertz CT molecular complexity index is 480. The Balaban J connectivity index is 1.93. The Labute approximate surface area is 120 Å². The minimum absolute atomic E-state index is 0.0283. The summed E-state index contributed by atoms with van der Waals surface area (Å²) in [6.07, 6.45) is 0.324. The lowest BCUT2D eigenvalue weighted by Crippen LogP contribution is -2.47. The molecule has 0 aromatic heterocycles. The Morgan fingerprint density at radius 3 is 2.75 bits per heavy atom. The fraction of sp³-hybridized carbons (Fsp3) is 0.562. The number of fused-ring (bicyclic) bond motifs is 1. The number of amides is 1. The van der Waals surface area contributed by atoms with Gasteiger partial charge in [0.25, 0.3) is 5.91 Å². The highest BCUT2D eigenvalue weighted by Gasteiger charge is 2.25. The second-order valence-corrected chi connectivity index (χ2v) is 6.44. The first-order valence-corrected chi connectivity index (χ1v) is 7.17. The molecule has 1 aromatic carbocycles. The zero-order valence-corrected chi connectivity index (χ0v) is 12.5. The van der Waals surface area contributed by atoms with Crippen molar-refractivity contribution in [1.29, 1.82) is 0 Å². The third-order valence-corrected chi connectivity index (χ3v) is 3.49. The summed E-state index contributed by atoms with van der Waals surface area (Å²) in [5, 5.41) is 13.3. The summed E-state index contributed by atoms with van der Waals surface area (Å²) < 4.78 is 0. The van der Waals surface area contributed by atoms with Crippen LogP contribution in [0, 0.1) is 0 Å². The van der Waals surface area contributed by atoms with E-state index in [2.05, 4.69) is 26.1 Å². The predicted molar refractivity (Wildman–Crippen MR) is 79.8 cm³/mol. The molecular formula is C16H24N2O2. The van der Waals surface area contributed by atoms with E-state index in [0.717, 1.165) is 17.5 Å². The number of aliphatic hydroxyl groups is 1. The first kappa shape index (κ1) is 15.0. The van der Waals surface area contributed by atoms with E-state index >= 15 is 0 Å². The Morgan fingerprint density at radius 1 is 1.35 bits per heavy atom. The van der Waals surface area contributed by atoms with Gasteiger partial charge in [0.05, 0.1) is 6.10 Å². The fourth-order valence-electron chi connectivity index (χ4n) is 2.39. The number of aliphatic hydroxyl groups excluding tert-OH is 1. The number of hydrogen-bond donors (Lipinski definition) is 2. The molecule has 1 aliphatic heterocycles. The summed E-state index contributed by atoms with van der Waals surface area (Å²) in [5.74, 6) is 0.0293. The molecule has 1 aliphatic rings. The summed E-state index contributed by atoms with van der Waals surface area (Å²) in [7, 11) is 0. The van der Waals surface area contributed by atoms with Crippen molar-refractivity contribution in [2.45, 2.75) is 38.8 Å². The molecule has 1 atom stereocenters. The summed E-state index contributed by atoms with van der Waals surface area (Å²) in [6.45, 7) is 7.74. The van der Waals surface area contributed by atoms with Crippen molar-refractivity contribution < 1.29 is 9.90 Å². The molecule has 0 spiro atoms. The standard InChI is InChI=1S/C16H24N2O2/c1-16(2,3)17-10-13(19)11-18-9-8-12-6-4-5-7-14(12)15(18)20/h4-7,13,17,19H,8-11H2,1-3H3. The molecule has 4 heteroatoms. The molecule has 1 aromatic rings. The molecule has 2 rings (SSSR count). The van der Waals surface area contributed by atoms with Crippen molar-refractivity contribution >= 4 is 5.91 Å². The van der Waals surface area contributed by atoms with Crippen LogP contribution in [0.5, 0.6) is 0 Å². The Morgan fingerprint density at radius 2 is 2.05 bits per heavy atom. The second-order valence-electron chi connectivity index (χ2n) is 6.44. The largest absolute Gasteiger partial charge is 0.390 e. The van der Waals surface area contributed by atoms with E-state index in [9.17, 15) is 9.90 Å². The van der Waals surface area contributed by atoms with Crippen LogP contribution in [0.1, 0.15) is 36.7 Å². The highest BCUT2D eigenvalue weighted by atomic mass is 16.3. The van der Waals surface area contributed by atoms with Crippen molar-refractivity contribution in [3.63, 3.8) is 0 Å². The molecule has 1 amide bonds. The van der Waals surface area contributed by atoms with Crippen molar-refractivity contribution in [3.05, 3.63) is 35.4 Å². The number of benzene rings is 1. The van der Waals surface area contributed by atoms with Gasteiger partial charge in [0, 0.05) is 30.7 Å². The number of nitrogens with zero attached hydrogens (tertiary/aromatic N) is 1. The van der Waals surface area contributed by atoms with Crippen molar-refractivity contribution in [2.75, 3.05) is 19.6 Å². The normalized spacial score (nSPS) is 17.0. The second kappa shape index (κ2) is 5.94. The molecule has 20 heavy (non-hydrogen) atoms. The number of carbonyl (C=O) groups excluding carboxylic acids is 1. The van der Waals surface area contributed by atoms with E-state index in [1.165, 1.54) is 0 Å². The van der Waals surface area contributed by atoms with Crippen molar-refractivity contribution in [3.8, 4) is 0 Å². The van der Waals surface area contributed by atoms with Gasteiger partial charge in [-0.25, -0.2) is 0 Å². The number of nitrogens with one attached hydrogen (secondary N) is 1. The average molecular weight is 276 g/mol. The van der Waals surface area contributed by atoms with E-state index in [-0.39, 0.29) is 11.4 Å². The first-order valence-electron chi connectivity index (χ1n) is 7.17. The van der Waals surface area contributed by atoms with Gasteiger partial charge in [-0.2, -0.15) is 0 Å². The molecule has 1 heterocycles. The number of rotatable bonds is 4. The molecule has 110 valence electrons. The van der Waals surface area contributed by atoms with Gasteiger partial charge in [0.1, 0.15) is 0 Å². The van der Waals surface area contributed by atoms with Crippen LogP contribution in [0.25, 0.3) is 0 Å². The van der Waals surface area contributed by atoms with Crippen molar-refractivity contribution in [1.82, 2.24) is 10.2 Å². The van der Waals surface area contributed by atoms with E-state index in [1.807, 2.05) is 24.3 Å². The molecule has 4 nitrogen and oxygen atoms in total. The fourth-order valence-corrected chi connectivity index (χ4v) is 2.39. The van der Waals surface area contributed by atoms with Crippen LogP contribution < -0.4 is 5.32 Å². The van der Waals surface area contributed by atoms with Gasteiger partial charge in [0.2, 0.25) is 0 Å². The maximum absolute atomic E-state index is 12.3. The molecule has 0 saturated carbocycles. The lowest BCUT2D eigenvalue weighted by Gasteiger charge is -2.31. The van der Waals surface area contributed by atoms with E-state index < -0.39 is 6.10 Å². The third-order valence-electron chi connectivity index (χ3n) is 3.49. The molecule has 0 bridgehead atoms. The van der Waals surface area contributed by atoms with Gasteiger partial charge in [0.15, 0.2) is 0 Å². The molecule has 0 aliphatic carbocycles. The first-order chi connectivity index (χ1) is 9.37. The number of carbonyl (C=O) groups is 1. The Kier molecular flexibility index (Phi) is 4.45. The SMILES string of the molecule is CC(C)(C)NCC(O)CN1CCc2ccccc2C1=O. The number of β-amino-alcohol motifs (C(OH)–C–C–N with tert-alkyl or cyclic N) is 1. The molecular weight excluding hydrogens is 252 g/mol. The van der Waals surface area contributed by atoms with Crippen LogP contribution in [0.15, 0.2) is 24.3 Å². The van der Waals surface area contributed by atoms with Gasteiger partial charge >= 0.3 is 0 Å². The van der Waals surface area contributed by atoms with Crippen LogP contribution >= 0.6 is 0 Å². The highest BCUT2D eigenvalue weighted by molar-refractivity contribution is 5.96. The highest BCUT2D eigenvalue weighted by Crippen LogP contribution is 2.18. The van der Waals surface area contributed by atoms with Crippen LogP contribution in [-0.2, 0) is 6.42 Å². The molecule has 0 saturated heterocycles. The minimum atomic E-state index is -0.538. The van der Waals surface area contributed by atoms with Crippen LogP contribution in [0.2, 0.25) is 0 Å². The van der Waals surface area contributed by atoms with E-state index in [4.69, 9.17) is 0 Å². The number of hydrogen-bond acceptors (Lipinski definition) is 3. The van der Waals surface area contributed by atoms with E-state index in [1.54, 1.807) is 4.90 Å². The minimum Gasteiger partial charge on any atom is -0.390 e. The van der Waals surface area contributed by atoms with Crippen LogP contribution in [-0.4, -0.2) is 47.2 Å². The van der Waals surface area contributed by atoms with Gasteiger partial charge in [-0.05, 0) is 38.8 Å². The van der Waals surface area contributed by atoms with E-state index in [0.29, 0.717) is 19.6 Å². The molecule has 0 radical (unpaired) electrons. The zero-order chi connectivity index (χ0) is 14.8. The summed E-state index contributed by atoms with van der Waals surface area (Å²) >= 11 is 0. The van der Waals surface area contributed by atoms with Gasteiger partial charge < -0.3 is 15.3 Å². The summed E-state index contributed by atoms with van der Waals surface area (Å²) in [5.41, 5.74) is 1.85. The van der Waals surface area contributed by atoms with Crippen molar-refractivity contribution in [2.24, 2.45) is 0 Å². The Hall–Kier alpha value is -1.39. The zero-order valence-electron chi connectivity index (χ0n) is 12.5. The van der Waals surface area contributed by atoms with Gasteiger partial charge in [-0.1, -0.05) is 18.2 Å². The predicted octanol–water partition coefficient (Wildman–Crippen LogP) is 1.43. The monoisotopic (exact) mass is 276 g/mol. The van der Waals surface area contributed by atoms with Gasteiger partial charge in [-0.15, -0.1) is 0 Å². The van der Waals surface area contributed by atoms with Crippen LogP contribution in [0.3, 0.4) is 0 Å². The summed E-state index contributed by atoms with van der Waals surface area (Å²) in [4.78, 5) is 14.1. The third kappa shape index (κ3) is 3.81. The lowest BCUT2D eigenvalue weighted by molar-refractivity contribution is 0.0595. The quantitative estimate of drug-likeness (QED) is 0.875. The maximum atomic E-state index is 12.3. The topological polar surface area (TPSA) is 52.6 Å². The smallest absolute Gasteiger partial charge is 0.254 e. The molecule has 2 N–H and O–H groups in total. The van der Waals surface area contributed by atoms with Gasteiger partial charge in [-0.3, -0.25) is 4.79 Å². The maximum Gasteiger partial charge on any atom is 0.254 e. The average Bonchev–Trinajstić information content (AvgIpc) is 2.39.